The zero-order valence-corrected chi connectivity index (χ0v) is 13.3. The van der Waals surface area contributed by atoms with Crippen LogP contribution in [-0.2, 0) is 11.3 Å². The van der Waals surface area contributed by atoms with Gasteiger partial charge in [0, 0.05) is 11.4 Å². The first-order valence-electron chi connectivity index (χ1n) is 7.27. The summed E-state index contributed by atoms with van der Waals surface area (Å²) in [5.41, 5.74) is 7.26. The van der Waals surface area contributed by atoms with E-state index < -0.39 is 6.03 Å². The average molecular weight is 327 g/mol. The molecule has 0 aromatic heterocycles. The van der Waals surface area contributed by atoms with Crippen LogP contribution in [0.3, 0.4) is 0 Å². The summed E-state index contributed by atoms with van der Waals surface area (Å²) in [6.45, 7) is 5.34. The van der Waals surface area contributed by atoms with Crippen molar-refractivity contribution in [1.82, 2.24) is 0 Å². The SMILES string of the molecule is C=CC(=O)N(Cc1cccc(F)c1C)c1cccc(NC(N)=O)c1. The maximum Gasteiger partial charge on any atom is 0.316 e. The van der Waals surface area contributed by atoms with E-state index in [1.54, 1.807) is 43.3 Å². The maximum atomic E-state index is 13.7. The van der Waals surface area contributed by atoms with Gasteiger partial charge in [-0.2, -0.15) is 0 Å². The Kier molecular flexibility index (Phi) is 5.31. The second-order valence-corrected chi connectivity index (χ2v) is 5.19. The highest BCUT2D eigenvalue weighted by Crippen LogP contribution is 2.23. The normalized spacial score (nSPS) is 10.1. The Bertz CT molecular complexity index is 790. The number of carbonyl (C=O) groups excluding carboxylic acids is 2. The smallest absolute Gasteiger partial charge is 0.316 e. The minimum atomic E-state index is -0.699. The molecule has 6 heteroatoms. The molecule has 3 amide bonds. The van der Waals surface area contributed by atoms with Crippen molar-refractivity contribution in [2.75, 3.05) is 10.2 Å². The van der Waals surface area contributed by atoms with Crippen molar-refractivity contribution in [3.63, 3.8) is 0 Å². The molecule has 2 aromatic rings. The van der Waals surface area contributed by atoms with Crippen molar-refractivity contribution >= 4 is 23.3 Å². The van der Waals surface area contributed by atoms with Crippen molar-refractivity contribution < 1.29 is 14.0 Å². The van der Waals surface area contributed by atoms with Gasteiger partial charge in [-0.1, -0.05) is 24.8 Å². The lowest BCUT2D eigenvalue weighted by Gasteiger charge is -2.23. The number of urea groups is 1. The molecule has 0 radical (unpaired) electrons. The molecular weight excluding hydrogens is 309 g/mol. The van der Waals surface area contributed by atoms with E-state index in [9.17, 15) is 14.0 Å². The summed E-state index contributed by atoms with van der Waals surface area (Å²) in [5, 5.41) is 2.46. The van der Waals surface area contributed by atoms with Crippen LogP contribution in [0.4, 0.5) is 20.6 Å². The minimum Gasteiger partial charge on any atom is -0.351 e. The molecule has 0 aliphatic rings. The molecule has 5 nitrogen and oxygen atoms in total. The molecule has 0 spiro atoms. The molecule has 0 aliphatic carbocycles. The Morgan fingerprint density at radius 1 is 1.29 bits per heavy atom. The zero-order chi connectivity index (χ0) is 17.7. The van der Waals surface area contributed by atoms with Crippen LogP contribution in [0.1, 0.15) is 11.1 Å². The molecule has 0 saturated carbocycles. The molecule has 0 atom stereocenters. The number of primary amides is 1. The fraction of sp³-hybridized carbons (Fsp3) is 0.111. The first-order valence-corrected chi connectivity index (χ1v) is 7.27. The van der Waals surface area contributed by atoms with Crippen LogP contribution in [0.15, 0.2) is 55.1 Å². The Morgan fingerprint density at radius 3 is 2.67 bits per heavy atom. The van der Waals surface area contributed by atoms with Gasteiger partial charge >= 0.3 is 6.03 Å². The van der Waals surface area contributed by atoms with Crippen molar-refractivity contribution in [3.05, 3.63) is 72.1 Å². The van der Waals surface area contributed by atoms with Gasteiger partial charge in [-0.15, -0.1) is 0 Å². The van der Waals surface area contributed by atoms with Gasteiger partial charge in [0.1, 0.15) is 5.82 Å². The number of benzene rings is 2. The number of anilines is 2. The molecule has 2 aromatic carbocycles. The van der Waals surface area contributed by atoms with Crippen molar-refractivity contribution in [2.24, 2.45) is 5.73 Å². The van der Waals surface area contributed by atoms with Crippen LogP contribution in [0, 0.1) is 12.7 Å². The lowest BCUT2D eigenvalue weighted by Crippen LogP contribution is -2.29. The predicted octanol–water partition coefficient (Wildman–Crippen LogP) is 3.34. The fourth-order valence-electron chi connectivity index (χ4n) is 2.29. The van der Waals surface area contributed by atoms with Gasteiger partial charge in [0.15, 0.2) is 0 Å². The summed E-state index contributed by atoms with van der Waals surface area (Å²) in [4.78, 5) is 24.7. The first-order chi connectivity index (χ1) is 11.4. The van der Waals surface area contributed by atoms with Crippen molar-refractivity contribution in [3.8, 4) is 0 Å². The molecule has 0 saturated heterocycles. The molecule has 3 N–H and O–H groups in total. The van der Waals surface area contributed by atoms with E-state index >= 15 is 0 Å². The number of hydrogen-bond donors (Lipinski definition) is 2. The highest BCUT2D eigenvalue weighted by atomic mass is 19.1. The number of halogens is 1. The summed E-state index contributed by atoms with van der Waals surface area (Å²) < 4.78 is 13.7. The number of carbonyl (C=O) groups is 2. The van der Waals surface area contributed by atoms with E-state index in [0.29, 0.717) is 22.5 Å². The van der Waals surface area contributed by atoms with Crippen LogP contribution in [0.2, 0.25) is 0 Å². The molecule has 0 aliphatic heterocycles. The second-order valence-electron chi connectivity index (χ2n) is 5.19. The van der Waals surface area contributed by atoms with Crippen LogP contribution >= 0.6 is 0 Å². The van der Waals surface area contributed by atoms with Crippen molar-refractivity contribution in [2.45, 2.75) is 13.5 Å². The Morgan fingerprint density at radius 2 is 2.00 bits per heavy atom. The lowest BCUT2D eigenvalue weighted by molar-refractivity contribution is -0.114. The predicted molar refractivity (Wildman–Crippen MR) is 92.2 cm³/mol. The summed E-state index contributed by atoms with van der Waals surface area (Å²) in [6.07, 6.45) is 1.18. The van der Waals surface area contributed by atoms with E-state index in [4.69, 9.17) is 5.73 Å². The lowest BCUT2D eigenvalue weighted by atomic mass is 10.1. The van der Waals surface area contributed by atoms with Gasteiger partial charge in [-0.25, -0.2) is 9.18 Å². The molecule has 0 fully saturated rings. The summed E-state index contributed by atoms with van der Waals surface area (Å²) in [6, 6.07) is 10.7. The van der Waals surface area contributed by atoms with Gasteiger partial charge in [0.05, 0.1) is 6.54 Å². The van der Waals surface area contributed by atoms with Crippen LogP contribution in [0.5, 0.6) is 0 Å². The minimum absolute atomic E-state index is 0.175. The van der Waals surface area contributed by atoms with E-state index in [0.717, 1.165) is 0 Å². The first kappa shape index (κ1) is 17.2. The van der Waals surface area contributed by atoms with Gasteiger partial charge < -0.3 is 16.0 Å². The maximum absolute atomic E-state index is 13.7. The molecule has 0 unspecified atom stereocenters. The van der Waals surface area contributed by atoms with Gasteiger partial charge in [0.25, 0.3) is 5.91 Å². The second kappa shape index (κ2) is 7.41. The van der Waals surface area contributed by atoms with E-state index in [1.807, 2.05) is 0 Å². The van der Waals surface area contributed by atoms with Crippen LogP contribution < -0.4 is 16.0 Å². The number of amides is 3. The third kappa shape index (κ3) is 3.98. The highest BCUT2D eigenvalue weighted by Gasteiger charge is 2.16. The summed E-state index contributed by atoms with van der Waals surface area (Å²) in [5.74, 6) is -0.669. The topological polar surface area (TPSA) is 75.4 Å². The number of nitrogens with zero attached hydrogens (tertiary/aromatic N) is 1. The van der Waals surface area contributed by atoms with Crippen molar-refractivity contribution in [1.29, 1.82) is 0 Å². The monoisotopic (exact) mass is 327 g/mol. The molecule has 2 rings (SSSR count). The average Bonchev–Trinajstić information content (AvgIpc) is 2.55. The molecule has 0 bridgehead atoms. The number of hydrogen-bond acceptors (Lipinski definition) is 2. The summed E-state index contributed by atoms with van der Waals surface area (Å²) in [7, 11) is 0. The molecule has 124 valence electrons. The highest BCUT2D eigenvalue weighted by molar-refractivity contribution is 6.01. The van der Waals surface area contributed by atoms with Gasteiger partial charge in [-0.05, 0) is 48.4 Å². The third-order valence-corrected chi connectivity index (χ3v) is 3.57. The Balaban J connectivity index is 2.39. The number of nitrogens with one attached hydrogen (secondary N) is 1. The fourth-order valence-corrected chi connectivity index (χ4v) is 2.29. The zero-order valence-electron chi connectivity index (χ0n) is 13.3. The van der Waals surface area contributed by atoms with Gasteiger partial charge in [0.2, 0.25) is 0 Å². The van der Waals surface area contributed by atoms with E-state index in [1.165, 1.54) is 17.0 Å². The van der Waals surface area contributed by atoms with E-state index in [-0.39, 0.29) is 18.3 Å². The third-order valence-electron chi connectivity index (χ3n) is 3.57. The standard InChI is InChI=1S/C18H18FN3O2/c1-3-17(23)22(11-13-6-4-9-16(19)12(13)2)15-8-5-7-14(10-15)21-18(20)24/h3-10H,1,11H2,2H3,(H3,20,21,24). The Hall–Kier alpha value is -3.15. The Labute approximate surface area is 139 Å². The quantitative estimate of drug-likeness (QED) is 0.826. The molecular formula is C18H18FN3O2. The van der Waals surface area contributed by atoms with Crippen LogP contribution in [-0.4, -0.2) is 11.9 Å². The van der Waals surface area contributed by atoms with Gasteiger partial charge in [-0.3, -0.25) is 4.79 Å². The molecule has 0 heterocycles. The summed E-state index contributed by atoms with van der Waals surface area (Å²) >= 11 is 0. The van der Waals surface area contributed by atoms with Crippen LogP contribution in [0.25, 0.3) is 0 Å². The van der Waals surface area contributed by atoms with E-state index in [2.05, 4.69) is 11.9 Å². The largest absolute Gasteiger partial charge is 0.351 e. The number of rotatable bonds is 5. The molecule has 24 heavy (non-hydrogen) atoms. The number of nitrogens with two attached hydrogens (primary N) is 1.